The van der Waals surface area contributed by atoms with Crippen LogP contribution < -0.4 is 3.72 Å². The number of nitrogens with two attached hydrogens (primary N) is 1. The van der Waals surface area contributed by atoms with Gasteiger partial charge in [-0.05, 0) is 0 Å². The Morgan fingerprint density at radius 1 is 0.773 bits per heavy atom. The summed E-state index contributed by atoms with van der Waals surface area (Å²) < 4.78 is 9.29. The van der Waals surface area contributed by atoms with E-state index in [0.717, 1.165) is 0 Å². The predicted octanol–water partition coefficient (Wildman–Crippen LogP) is 6.18. The first kappa shape index (κ1) is 25.6. The molecule has 0 aliphatic heterocycles. The largest absolute Gasteiger partial charge is 0.147 e. The third kappa shape index (κ3) is 3.62. The van der Waals surface area contributed by atoms with Gasteiger partial charge in [0, 0.05) is 0 Å². The van der Waals surface area contributed by atoms with Crippen molar-refractivity contribution >= 4 is 35.3 Å². The van der Waals surface area contributed by atoms with E-state index in [-0.39, 0.29) is 30.2 Å². The van der Waals surface area contributed by atoms with E-state index in [1.165, 1.54) is 5.57 Å². The monoisotopic (exact) mass is 549 g/mol. The standard InChI is InChI=1S/C10H15.2C3H9Si.2ClH.Hf.H2N/c1-7-6-10(4,5)9(3)8(7)2;2*1-4(2)3;;;;/h1-5H3;2*1-3H3;2*1H;;1H2/q;;;;;+1;-1. The van der Waals surface area contributed by atoms with Crippen LogP contribution in [0, 0.1) is 5.41 Å². The molecule has 0 spiro atoms. The fourth-order valence-corrected chi connectivity index (χ4v) is 119. The Kier molecular flexibility index (Phi) is 8.47. The molecule has 0 atom stereocenters. The van der Waals surface area contributed by atoms with Crippen molar-refractivity contribution < 1.29 is 18.6 Å². The molecule has 0 heterocycles. The van der Waals surface area contributed by atoms with Crippen molar-refractivity contribution in [3.8, 4) is 0 Å². The molecule has 6 heteroatoms. The molecule has 1 aliphatic rings. The van der Waals surface area contributed by atoms with Gasteiger partial charge in [0.25, 0.3) is 0 Å². The van der Waals surface area contributed by atoms with E-state index in [1.807, 2.05) is 0 Å². The van der Waals surface area contributed by atoms with Gasteiger partial charge in [-0.15, -0.1) is 24.8 Å². The van der Waals surface area contributed by atoms with E-state index in [9.17, 15) is 0 Å². The maximum absolute atomic E-state index is 7.51. The van der Waals surface area contributed by atoms with Gasteiger partial charge in [-0.2, -0.15) is 0 Å². The van der Waals surface area contributed by atoms with Gasteiger partial charge in [-0.25, -0.2) is 0 Å². The summed E-state index contributed by atoms with van der Waals surface area (Å²) in [6, 6.07) is 0. The van der Waals surface area contributed by atoms with Crippen LogP contribution in [0.25, 0.3) is 0 Å². The molecule has 0 unspecified atom stereocenters. The average molecular weight is 549 g/mol. The maximum atomic E-state index is 7.51. The van der Waals surface area contributed by atoms with Crippen LogP contribution in [0.5, 0.6) is 0 Å². The Balaban J connectivity index is 0. The summed E-state index contributed by atoms with van der Waals surface area (Å²) in [5.41, 5.74) is 4.87. The van der Waals surface area contributed by atoms with Gasteiger partial charge in [0.2, 0.25) is 0 Å². The van der Waals surface area contributed by atoms with Gasteiger partial charge in [0.05, 0.1) is 0 Å². The number of halogens is 2. The van der Waals surface area contributed by atoms with Crippen molar-refractivity contribution in [3.05, 3.63) is 20.0 Å². The molecule has 0 bridgehead atoms. The Morgan fingerprint density at radius 2 is 1.09 bits per heavy atom. The number of hydrogen-bond acceptors (Lipinski definition) is 1. The normalized spacial score (nSPS) is 19.1. The van der Waals surface area contributed by atoms with E-state index in [1.54, 1.807) is 14.5 Å². The van der Waals surface area contributed by atoms with Crippen LogP contribution in [-0.4, -0.2) is 10.5 Å². The molecule has 0 aromatic carbocycles. The number of allylic oxidation sites excluding steroid dienone is 4. The number of rotatable bonds is 3. The van der Waals surface area contributed by atoms with Crippen molar-refractivity contribution in [2.24, 2.45) is 9.14 Å². The first-order valence-corrected chi connectivity index (χ1v) is 29.4. The van der Waals surface area contributed by atoms with Gasteiger partial charge < -0.3 is 0 Å². The van der Waals surface area contributed by atoms with Crippen LogP contribution in [0.3, 0.4) is 0 Å². The molecule has 2 N–H and O–H groups in total. The van der Waals surface area contributed by atoms with Gasteiger partial charge in [-0.3, -0.25) is 0 Å². The van der Waals surface area contributed by atoms with Gasteiger partial charge in [0.1, 0.15) is 0 Å². The molecule has 0 radical (unpaired) electrons. The van der Waals surface area contributed by atoms with Crippen LogP contribution in [-0.2, 0) is 18.6 Å². The second-order valence-electron chi connectivity index (χ2n) is 9.18. The molecule has 0 fully saturated rings. The topological polar surface area (TPSA) is 26.0 Å². The Hall–Kier alpha value is 1.32. The maximum Gasteiger partial charge on any atom is -0.147 e. The predicted molar refractivity (Wildman–Crippen MR) is 110 cm³/mol. The van der Waals surface area contributed by atoms with Gasteiger partial charge in [-0.1, -0.05) is 0 Å². The minimum atomic E-state index is -2.98. The minimum Gasteiger partial charge on any atom is -0.147 e. The molecule has 0 amide bonds. The third-order valence-corrected chi connectivity index (χ3v) is 109. The Morgan fingerprint density at radius 3 is 1.27 bits per heavy atom. The molecular formula is C16H37Cl2HfNSi2. The summed E-state index contributed by atoms with van der Waals surface area (Å²) in [6.45, 7) is 27.1. The fraction of sp³-hybridized carbons (Fsp3) is 0.750. The average Bonchev–Trinajstić information content (AvgIpc) is 2.36. The van der Waals surface area contributed by atoms with E-state index in [4.69, 9.17) is 3.72 Å². The molecule has 22 heavy (non-hydrogen) atoms. The fourth-order valence-electron chi connectivity index (χ4n) is 4.26. The Labute approximate surface area is 156 Å². The summed E-state index contributed by atoms with van der Waals surface area (Å²) in [5, 5.41) is -2.65. The minimum absolute atomic E-state index is 0. The third-order valence-electron chi connectivity index (χ3n) is 5.82. The smallest absolute Gasteiger partial charge is 0.147 e. The van der Waals surface area contributed by atoms with Crippen molar-refractivity contribution in [1.29, 1.82) is 0 Å². The second-order valence-corrected chi connectivity index (χ2v) is 75.1. The molecule has 132 valence electrons. The SMILES string of the molecule is CC1=C(C)C(C)(C)[C]([Hf]([NH2])([Si](C)(C)C)[Si](C)(C)C)=C1C.Cl.Cl. The Bertz CT molecular complexity index is 483. The van der Waals surface area contributed by atoms with E-state index in [2.05, 4.69) is 73.9 Å². The zero-order chi connectivity index (χ0) is 16.3. The van der Waals surface area contributed by atoms with Gasteiger partial charge >= 0.3 is 132 Å². The summed E-state index contributed by atoms with van der Waals surface area (Å²) in [4.78, 5) is 0. The summed E-state index contributed by atoms with van der Waals surface area (Å²) in [6.07, 6.45) is 0. The number of hydrogen-bond donors (Lipinski definition) is 1. The van der Waals surface area contributed by atoms with Crippen LogP contribution in [0.15, 0.2) is 20.0 Å². The van der Waals surface area contributed by atoms with Crippen molar-refractivity contribution in [2.75, 3.05) is 0 Å². The zero-order valence-electron chi connectivity index (χ0n) is 16.4. The molecule has 1 aliphatic carbocycles. The van der Waals surface area contributed by atoms with Crippen LogP contribution in [0.4, 0.5) is 0 Å². The molecule has 0 saturated carbocycles. The zero-order valence-corrected chi connectivity index (χ0v) is 23.6. The summed E-state index contributed by atoms with van der Waals surface area (Å²) in [7, 11) is 0. The van der Waals surface area contributed by atoms with Crippen molar-refractivity contribution in [1.82, 2.24) is 0 Å². The summed E-state index contributed by atoms with van der Waals surface area (Å²) >= 11 is -2.98. The van der Waals surface area contributed by atoms with Crippen LogP contribution in [0.1, 0.15) is 34.6 Å². The van der Waals surface area contributed by atoms with E-state index >= 15 is 0 Å². The van der Waals surface area contributed by atoms with E-state index in [0.29, 0.717) is 0 Å². The quantitative estimate of drug-likeness (QED) is 0.419. The summed E-state index contributed by atoms with van der Waals surface area (Å²) in [5.74, 6) is 0. The second kappa shape index (κ2) is 7.29. The molecule has 1 nitrogen and oxygen atoms in total. The molecule has 0 aromatic rings. The first-order chi connectivity index (χ1) is 8.60. The molecule has 0 saturated heterocycles. The molecular weight excluding hydrogens is 512 g/mol. The molecule has 0 aromatic heterocycles. The van der Waals surface area contributed by atoms with E-state index < -0.39 is 29.1 Å². The van der Waals surface area contributed by atoms with Crippen molar-refractivity contribution in [2.45, 2.75) is 73.9 Å². The first-order valence-electron chi connectivity index (χ1n) is 7.79. The van der Waals surface area contributed by atoms with Gasteiger partial charge in [0.15, 0.2) is 0 Å². The molecule has 1 rings (SSSR count). The van der Waals surface area contributed by atoms with Crippen LogP contribution >= 0.6 is 24.8 Å². The van der Waals surface area contributed by atoms with Crippen LogP contribution in [0.2, 0.25) is 39.3 Å². The van der Waals surface area contributed by atoms with Crippen molar-refractivity contribution in [3.63, 3.8) is 0 Å².